The average Bonchev–Trinajstić information content (AvgIpc) is 2.44. The van der Waals surface area contributed by atoms with Gasteiger partial charge in [0.05, 0.1) is 6.20 Å². The van der Waals surface area contributed by atoms with Gasteiger partial charge >= 0.3 is 0 Å². The van der Waals surface area contributed by atoms with Crippen LogP contribution >= 0.6 is 0 Å². The van der Waals surface area contributed by atoms with Gasteiger partial charge in [0.1, 0.15) is 11.3 Å². The second-order valence-corrected chi connectivity index (χ2v) is 4.08. The fourth-order valence-electron chi connectivity index (χ4n) is 1.66. The molecular formula is C15H16N4O. The third kappa shape index (κ3) is 3.41. The van der Waals surface area contributed by atoms with Crippen LogP contribution < -0.4 is 10.9 Å². The Morgan fingerprint density at radius 3 is 2.90 bits per heavy atom. The Morgan fingerprint density at radius 1 is 1.30 bits per heavy atom. The van der Waals surface area contributed by atoms with E-state index in [2.05, 4.69) is 20.3 Å². The predicted octanol–water partition coefficient (Wildman–Crippen LogP) is 2.77. The van der Waals surface area contributed by atoms with Crippen LogP contribution in [0.5, 0.6) is 0 Å². The highest BCUT2D eigenvalue weighted by Gasteiger charge is 2.01. The standard InChI is InChI=1S/C15H16N4O/c1-3-5-7-11(6-4-2)17-13-9-8-12-15(18-13)19-14(20)10-16-12/h3-10H,1-2H3,(H2,17,18,19,20)/b5-3-,6-4+,11-7+. The molecule has 0 spiro atoms. The van der Waals surface area contributed by atoms with E-state index in [-0.39, 0.29) is 5.56 Å². The minimum absolute atomic E-state index is 0.264. The Bertz CT molecular complexity index is 741. The molecule has 0 aliphatic carbocycles. The number of allylic oxidation sites excluding steroid dienone is 5. The average molecular weight is 268 g/mol. The molecule has 0 aromatic carbocycles. The molecule has 5 nitrogen and oxygen atoms in total. The fraction of sp³-hybridized carbons (Fsp3) is 0.133. The van der Waals surface area contributed by atoms with E-state index in [0.717, 1.165) is 5.70 Å². The minimum Gasteiger partial charge on any atom is -0.340 e. The van der Waals surface area contributed by atoms with E-state index >= 15 is 0 Å². The summed E-state index contributed by atoms with van der Waals surface area (Å²) in [4.78, 5) is 22.3. The van der Waals surface area contributed by atoms with Gasteiger partial charge in [0.15, 0.2) is 5.65 Å². The number of hydrogen-bond acceptors (Lipinski definition) is 4. The van der Waals surface area contributed by atoms with Gasteiger partial charge in [-0.1, -0.05) is 18.2 Å². The molecular weight excluding hydrogens is 252 g/mol. The number of aromatic amines is 1. The number of hydrogen-bond donors (Lipinski definition) is 2. The summed E-state index contributed by atoms with van der Waals surface area (Å²) in [5.41, 5.74) is 1.76. The van der Waals surface area contributed by atoms with Gasteiger partial charge in [-0.15, -0.1) is 0 Å². The molecule has 2 rings (SSSR count). The zero-order chi connectivity index (χ0) is 14.4. The number of anilines is 1. The van der Waals surface area contributed by atoms with Crippen molar-refractivity contribution >= 4 is 17.0 Å². The maximum Gasteiger partial charge on any atom is 0.268 e. The topological polar surface area (TPSA) is 70.7 Å². The molecule has 0 amide bonds. The summed E-state index contributed by atoms with van der Waals surface area (Å²) in [7, 11) is 0. The van der Waals surface area contributed by atoms with Crippen molar-refractivity contribution in [3.63, 3.8) is 0 Å². The van der Waals surface area contributed by atoms with E-state index in [0.29, 0.717) is 17.0 Å². The Balaban J connectivity index is 2.35. The molecule has 2 heterocycles. The van der Waals surface area contributed by atoms with E-state index in [1.807, 2.05) is 56.4 Å². The maximum atomic E-state index is 11.3. The summed E-state index contributed by atoms with van der Waals surface area (Å²) in [6, 6.07) is 3.63. The van der Waals surface area contributed by atoms with Gasteiger partial charge in [-0.2, -0.15) is 0 Å². The van der Waals surface area contributed by atoms with Gasteiger partial charge in [-0.25, -0.2) is 9.97 Å². The number of rotatable bonds is 4. The van der Waals surface area contributed by atoms with Gasteiger partial charge in [-0.05, 0) is 38.1 Å². The van der Waals surface area contributed by atoms with Crippen molar-refractivity contribution in [1.29, 1.82) is 0 Å². The zero-order valence-corrected chi connectivity index (χ0v) is 11.4. The van der Waals surface area contributed by atoms with E-state index in [4.69, 9.17) is 0 Å². The number of nitrogens with one attached hydrogen (secondary N) is 2. The minimum atomic E-state index is -0.264. The van der Waals surface area contributed by atoms with E-state index in [9.17, 15) is 4.79 Å². The van der Waals surface area contributed by atoms with Crippen LogP contribution in [0.1, 0.15) is 13.8 Å². The number of fused-ring (bicyclic) bond motifs is 1. The Labute approximate surface area is 116 Å². The van der Waals surface area contributed by atoms with E-state index < -0.39 is 0 Å². The summed E-state index contributed by atoms with van der Waals surface area (Å²) >= 11 is 0. The first-order valence-electron chi connectivity index (χ1n) is 6.31. The Kier molecular flexibility index (Phi) is 4.44. The van der Waals surface area contributed by atoms with Gasteiger partial charge in [-0.3, -0.25) is 4.79 Å². The van der Waals surface area contributed by atoms with E-state index in [1.165, 1.54) is 6.20 Å². The smallest absolute Gasteiger partial charge is 0.268 e. The van der Waals surface area contributed by atoms with Gasteiger partial charge in [0, 0.05) is 5.70 Å². The predicted molar refractivity (Wildman–Crippen MR) is 81.5 cm³/mol. The van der Waals surface area contributed by atoms with Crippen molar-refractivity contribution in [3.05, 3.63) is 64.8 Å². The lowest BCUT2D eigenvalue weighted by Crippen LogP contribution is -2.07. The summed E-state index contributed by atoms with van der Waals surface area (Å²) in [6.07, 6.45) is 10.9. The van der Waals surface area contributed by atoms with Crippen molar-refractivity contribution in [2.45, 2.75) is 13.8 Å². The van der Waals surface area contributed by atoms with Crippen LogP contribution in [0.2, 0.25) is 0 Å². The van der Waals surface area contributed by atoms with Crippen molar-refractivity contribution in [3.8, 4) is 0 Å². The second kappa shape index (κ2) is 6.47. The molecule has 0 aliphatic heterocycles. The molecule has 0 saturated heterocycles. The zero-order valence-electron chi connectivity index (χ0n) is 11.4. The normalized spacial score (nSPS) is 12.6. The molecule has 0 radical (unpaired) electrons. The third-order valence-electron chi connectivity index (χ3n) is 2.52. The number of aromatic nitrogens is 3. The second-order valence-electron chi connectivity index (χ2n) is 4.08. The molecule has 2 aromatic rings. The lowest BCUT2D eigenvalue weighted by atomic mass is 10.3. The van der Waals surface area contributed by atoms with Crippen LogP contribution in [-0.4, -0.2) is 15.0 Å². The molecule has 0 atom stereocenters. The maximum absolute atomic E-state index is 11.3. The Morgan fingerprint density at radius 2 is 2.15 bits per heavy atom. The van der Waals surface area contributed by atoms with Crippen LogP contribution in [0.4, 0.5) is 5.82 Å². The molecule has 0 saturated carbocycles. The van der Waals surface area contributed by atoms with Gasteiger partial charge in [0.25, 0.3) is 5.56 Å². The molecule has 0 fully saturated rings. The van der Waals surface area contributed by atoms with Crippen LogP contribution in [0, 0.1) is 0 Å². The summed E-state index contributed by atoms with van der Waals surface area (Å²) < 4.78 is 0. The van der Waals surface area contributed by atoms with Gasteiger partial charge < -0.3 is 10.3 Å². The largest absolute Gasteiger partial charge is 0.340 e. The lowest BCUT2D eigenvalue weighted by Gasteiger charge is -2.06. The molecule has 0 unspecified atom stereocenters. The van der Waals surface area contributed by atoms with Crippen molar-refractivity contribution in [2.75, 3.05) is 5.32 Å². The SMILES string of the molecule is C\C=C/C=C(\C=C\C)Nc1ccc2ncc(=O)[nH]c2n1. The first-order valence-corrected chi connectivity index (χ1v) is 6.31. The van der Waals surface area contributed by atoms with Gasteiger partial charge in [0.2, 0.25) is 0 Å². The molecule has 0 bridgehead atoms. The molecule has 20 heavy (non-hydrogen) atoms. The number of nitrogens with zero attached hydrogens (tertiary/aromatic N) is 2. The molecule has 2 N–H and O–H groups in total. The third-order valence-corrected chi connectivity index (χ3v) is 2.52. The molecule has 5 heteroatoms. The highest BCUT2D eigenvalue weighted by Crippen LogP contribution is 2.12. The van der Waals surface area contributed by atoms with Crippen molar-refractivity contribution in [2.24, 2.45) is 0 Å². The van der Waals surface area contributed by atoms with Crippen LogP contribution in [-0.2, 0) is 0 Å². The van der Waals surface area contributed by atoms with Crippen molar-refractivity contribution in [1.82, 2.24) is 15.0 Å². The van der Waals surface area contributed by atoms with E-state index in [1.54, 1.807) is 0 Å². The summed E-state index contributed by atoms with van der Waals surface area (Å²) in [6.45, 7) is 3.90. The highest BCUT2D eigenvalue weighted by atomic mass is 16.1. The summed E-state index contributed by atoms with van der Waals surface area (Å²) in [5, 5.41) is 3.19. The molecule has 2 aromatic heterocycles. The monoisotopic (exact) mass is 268 g/mol. The first-order chi connectivity index (χ1) is 9.72. The quantitative estimate of drug-likeness (QED) is 0.836. The van der Waals surface area contributed by atoms with Crippen molar-refractivity contribution < 1.29 is 0 Å². The number of pyridine rings is 1. The van der Waals surface area contributed by atoms with Crippen LogP contribution in [0.25, 0.3) is 11.2 Å². The lowest BCUT2D eigenvalue weighted by molar-refractivity contribution is 1.16. The highest BCUT2D eigenvalue weighted by molar-refractivity contribution is 5.71. The number of H-pyrrole nitrogens is 1. The van der Waals surface area contributed by atoms with Crippen LogP contribution in [0.15, 0.2) is 59.2 Å². The fourth-order valence-corrected chi connectivity index (χ4v) is 1.66. The summed E-state index contributed by atoms with van der Waals surface area (Å²) in [5.74, 6) is 0.648. The van der Waals surface area contributed by atoms with Crippen LogP contribution in [0.3, 0.4) is 0 Å². The molecule has 0 aliphatic rings. The first kappa shape index (κ1) is 13.7. The molecule has 102 valence electrons. The Hall–Kier alpha value is -2.69.